The lowest BCUT2D eigenvalue weighted by Crippen LogP contribution is -2.20. The van der Waals surface area contributed by atoms with Crippen molar-refractivity contribution in [3.63, 3.8) is 0 Å². The lowest BCUT2D eigenvalue weighted by atomic mass is 10.2. The molecule has 4 heteroatoms. The zero-order valence-electron chi connectivity index (χ0n) is 8.13. The predicted molar refractivity (Wildman–Crippen MR) is 54.0 cm³/mol. The Morgan fingerprint density at radius 2 is 2.38 bits per heavy atom. The number of likely N-dealkylation sites (N-methyl/N-ethyl adjacent to an activating group) is 1. The molecule has 3 nitrogen and oxygen atoms in total. The molecule has 13 heavy (non-hydrogen) atoms. The van der Waals surface area contributed by atoms with Gasteiger partial charge < -0.3 is 5.32 Å². The molecule has 1 rings (SSSR count). The van der Waals surface area contributed by atoms with E-state index >= 15 is 0 Å². The molecule has 0 aliphatic heterocycles. The van der Waals surface area contributed by atoms with Gasteiger partial charge in [0.05, 0.1) is 17.1 Å². The van der Waals surface area contributed by atoms with Gasteiger partial charge in [-0.3, -0.25) is 4.79 Å². The van der Waals surface area contributed by atoms with Crippen LogP contribution in [0, 0.1) is 0 Å². The van der Waals surface area contributed by atoms with Gasteiger partial charge in [-0.1, -0.05) is 13.8 Å². The largest absolute Gasteiger partial charge is 0.359 e. The Bertz CT molecular complexity index is 294. The van der Waals surface area contributed by atoms with E-state index in [-0.39, 0.29) is 5.91 Å². The molecule has 1 heterocycles. The van der Waals surface area contributed by atoms with E-state index in [1.54, 1.807) is 18.4 Å². The summed E-state index contributed by atoms with van der Waals surface area (Å²) in [5.41, 5.74) is 0.869. The van der Waals surface area contributed by atoms with E-state index in [0.717, 1.165) is 10.7 Å². The van der Waals surface area contributed by atoms with E-state index in [1.165, 1.54) is 0 Å². The first-order valence-corrected chi connectivity index (χ1v) is 5.16. The molecule has 1 amide bonds. The Labute approximate surface area is 82.2 Å². The maximum absolute atomic E-state index is 11.0. The van der Waals surface area contributed by atoms with Gasteiger partial charge in [-0.25, -0.2) is 4.98 Å². The van der Waals surface area contributed by atoms with Crippen molar-refractivity contribution in [2.45, 2.75) is 26.2 Å². The van der Waals surface area contributed by atoms with Gasteiger partial charge in [-0.05, 0) is 0 Å². The van der Waals surface area contributed by atoms with E-state index in [4.69, 9.17) is 0 Å². The fourth-order valence-corrected chi connectivity index (χ4v) is 1.76. The number of hydrogen-bond acceptors (Lipinski definition) is 3. The van der Waals surface area contributed by atoms with E-state index < -0.39 is 0 Å². The Balaban J connectivity index is 2.64. The van der Waals surface area contributed by atoms with E-state index in [2.05, 4.69) is 24.1 Å². The second-order valence-electron chi connectivity index (χ2n) is 3.18. The standard InChI is InChI=1S/C9H14N2OS/c1-6(2)9-11-7(5-13-9)4-8(12)10-3/h5-6H,4H2,1-3H3,(H,10,12). The number of carbonyl (C=O) groups is 1. The summed E-state index contributed by atoms with van der Waals surface area (Å²) in [4.78, 5) is 15.4. The van der Waals surface area contributed by atoms with E-state index in [9.17, 15) is 4.79 Å². The molecule has 0 bridgehead atoms. The molecule has 72 valence electrons. The van der Waals surface area contributed by atoms with E-state index in [1.807, 2.05) is 5.38 Å². The lowest BCUT2D eigenvalue weighted by Gasteiger charge is -1.97. The van der Waals surface area contributed by atoms with Crippen LogP contribution in [0.15, 0.2) is 5.38 Å². The average Bonchev–Trinajstić information content (AvgIpc) is 2.52. The zero-order valence-corrected chi connectivity index (χ0v) is 8.94. The monoisotopic (exact) mass is 198 g/mol. The lowest BCUT2D eigenvalue weighted by molar-refractivity contribution is -0.120. The molecule has 0 radical (unpaired) electrons. The normalized spacial score (nSPS) is 10.5. The van der Waals surface area contributed by atoms with Gasteiger partial charge in [0.1, 0.15) is 0 Å². The maximum Gasteiger partial charge on any atom is 0.225 e. The predicted octanol–water partition coefficient (Wildman–Crippen LogP) is 1.55. The van der Waals surface area contributed by atoms with Gasteiger partial charge in [-0.2, -0.15) is 0 Å². The Morgan fingerprint density at radius 3 is 2.85 bits per heavy atom. The molecule has 0 aliphatic carbocycles. The molecule has 0 saturated heterocycles. The Hall–Kier alpha value is -0.900. The number of carbonyl (C=O) groups excluding carboxylic acids is 1. The molecule has 1 aromatic rings. The fraction of sp³-hybridized carbons (Fsp3) is 0.556. The van der Waals surface area contributed by atoms with Gasteiger partial charge in [0, 0.05) is 18.3 Å². The van der Waals surface area contributed by atoms with Gasteiger partial charge in [0.2, 0.25) is 5.91 Å². The van der Waals surface area contributed by atoms with Crippen molar-refractivity contribution in [2.24, 2.45) is 0 Å². The summed E-state index contributed by atoms with van der Waals surface area (Å²) in [6.45, 7) is 4.20. The first-order chi connectivity index (χ1) is 6.13. The molecule has 0 aromatic carbocycles. The highest BCUT2D eigenvalue weighted by Gasteiger charge is 2.07. The molecule has 0 fully saturated rings. The van der Waals surface area contributed by atoms with Crippen molar-refractivity contribution in [1.82, 2.24) is 10.3 Å². The van der Waals surface area contributed by atoms with Gasteiger partial charge in [0.25, 0.3) is 0 Å². The van der Waals surface area contributed by atoms with Gasteiger partial charge in [-0.15, -0.1) is 11.3 Å². The summed E-state index contributed by atoms with van der Waals surface area (Å²) in [7, 11) is 1.64. The molecule has 0 atom stereocenters. The molecular weight excluding hydrogens is 184 g/mol. The average molecular weight is 198 g/mol. The van der Waals surface area contributed by atoms with Crippen molar-refractivity contribution < 1.29 is 4.79 Å². The quantitative estimate of drug-likeness (QED) is 0.800. The van der Waals surface area contributed by atoms with Crippen LogP contribution in [0.3, 0.4) is 0 Å². The number of nitrogens with one attached hydrogen (secondary N) is 1. The van der Waals surface area contributed by atoms with Crippen LogP contribution in [0.1, 0.15) is 30.5 Å². The van der Waals surface area contributed by atoms with Crippen molar-refractivity contribution in [2.75, 3.05) is 7.05 Å². The second-order valence-corrected chi connectivity index (χ2v) is 4.07. The van der Waals surface area contributed by atoms with Crippen LogP contribution in [-0.4, -0.2) is 17.9 Å². The molecule has 0 saturated carbocycles. The number of thiazole rings is 1. The van der Waals surface area contributed by atoms with Crippen LogP contribution in [0.5, 0.6) is 0 Å². The highest BCUT2D eigenvalue weighted by atomic mass is 32.1. The first-order valence-electron chi connectivity index (χ1n) is 4.28. The highest BCUT2D eigenvalue weighted by molar-refractivity contribution is 7.09. The summed E-state index contributed by atoms with van der Waals surface area (Å²) in [6.07, 6.45) is 0.389. The SMILES string of the molecule is CNC(=O)Cc1csc(C(C)C)n1. The number of nitrogens with zero attached hydrogens (tertiary/aromatic N) is 1. The van der Waals surface area contributed by atoms with Crippen molar-refractivity contribution >= 4 is 17.2 Å². The fourth-order valence-electron chi connectivity index (χ4n) is 0.922. The van der Waals surface area contributed by atoms with Crippen LogP contribution in [0.25, 0.3) is 0 Å². The first kappa shape index (κ1) is 10.2. The molecule has 1 aromatic heterocycles. The smallest absolute Gasteiger partial charge is 0.225 e. The van der Waals surface area contributed by atoms with Crippen LogP contribution < -0.4 is 5.32 Å². The van der Waals surface area contributed by atoms with E-state index in [0.29, 0.717) is 12.3 Å². The molecule has 0 unspecified atom stereocenters. The number of rotatable bonds is 3. The van der Waals surface area contributed by atoms with Crippen LogP contribution >= 0.6 is 11.3 Å². The highest BCUT2D eigenvalue weighted by Crippen LogP contribution is 2.19. The number of aromatic nitrogens is 1. The molecular formula is C9H14N2OS. The molecule has 0 aliphatic rings. The number of amides is 1. The van der Waals surface area contributed by atoms with Gasteiger partial charge in [0.15, 0.2) is 0 Å². The molecule has 1 N–H and O–H groups in total. The summed E-state index contributed by atoms with van der Waals surface area (Å²) in [5.74, 6) is 0.462. The third kappa shape index (κ3) is 2.81. The minimum absolute atomic E-state index is 0.0145. The molecule has 0 spiro atoms. The van der Waals surface area contributed by atoms with Crippen molar-refractivity contribution in [3.05, 3.63) is 16.1 Å². The van der Waals surface area contributed by atoms with Crippen LogP contribution in [-0.2, 0) is 11.2 Å². The Morgan fingerprint density at radius 1 is 1.69 bits per heavy atom. The van der Waals surface area contributed by atoms with Crippen LogP contribution in [0.2, 0.25) is 0 Å². The zero-order chi connectivity index (χ0) is 9.84. The minimum atomic E-state index is 0.0145. The van der Waals surface area contributed by atoms with Gasteiger partial charge >= 0.3 is 0 Å². The summed E-state index contributed by atoms with van der Waals surface area (Å²) >= 11 is 1.62. The Kier molecular flexibility index (Phi) is 3.42. The summed E-state index contributed by atoms with van der Waals surface area (Å²) in [6, 6.07) is 0. The van der Waals surface area contributed by atoms with Crippen molar-refractivity contribution in [3.8, 4) is 0 Å². The third-order valence-electron chi connectivity index (χ3n) is 1.68. The second kappa shape index (κ2) is 4.37. The maximum atomic E-state index is 11.0. The minimum Gasteiger partial charge on any atom is -0.359 e. The van der Waals surface area contributed by atoms with Crippen molar-refractivity contribution in [1.29, 1.82) is 0 Å². The van der Waals surface area contributed by atoms with Crippen LogP contribution in [0.4, 0.5) is 0 Å². The summed E-state index contributed by atoms with van der Waals surface area (Å²) in [5, 5.41) is 5.62. The summed E-state index contributed by atoms with van der Waals surface area (Å²) < 4.78 is 0. The number of hydrogen-bond donors (Lipinski definition) is 1. The third-order valence-corrected chi connectivity index (χ3v) is 2.88. The topological polar surface area (TPSA) is 42.0 Å².